The van der Waals surface area contributed by atoms with Crippen LogP contribution in [0.2, 0.25) is 0 Å². The Morgan fingerprint density at radius 3 is 2.55 bits per heavy atom. The van der Waals surface area contributed by atoms with Crippen molar-refractivity contribution in [1.82, 2.24) is 0 Å². The Hall–Kier alpha value is -2.55. The summed E-state index contributed by atoms with van der Waals surface area (Å²) in [6.07, 6.45) is 0. The SMILES string of the molecule is CCOc1ccc(-c2cc(=O)c3ccccc3o2)cc1. The third kappa shape index (κ3) is 2.30. The lowest BCUT2D eigenvalue weighted by Crippen LogP contribution is -1.99. The fraction of sp³-hybridized carbons (Fsp3) is 0.118. The van der Waals surface area contributed by atoms with Gasteiger partial charge in [0.2, 0.25) is 0 Å². The Kier molecular flexibility index (Phi) is 3.25. The van der Waals surface area contributed by atoms with E-state index in [0.29, 0.717) is 23.3 Å². The molecule has 0 spiro atoms. The Morgan fingerprint density at radius 1 is 1.05 bits per heavy atom. The summed E-state index contributed by atoms with van der Waals surface area (Å²) < 4.78 is 11.2. The highest BCUT2D eigenvalue weighted by atomic mass is 16.5. The van der Waals surface area contributed by atoms with Crippen molar-refractivity contribution in [1.29, 1.82) is 0 Å². The van der Waals surface area contributed by atoms with E-state index in [4.69, 9.17) is 9.15 Å². The monoisotopic (exact) mass is 266 g/mol. The van der Waals surface area contributed by atoms with Gasteiger partial charge in [-0.2, -0.15) is 0 Å². The van der Waals surface area contributed by atoms with Crippen LogP contribution in [0.3, 0.4) is 0 Å². The molecule has 0 aliphatic rings. The summed E-state index contributed by atoms with van der Waals surface area (Å²) in [5.74, 6) is 1.37. The molecule has 1 heterocycles. The van der Waals surface area contributed by atoms with Gasteiger partial charge in [-0.1, -0.05) is 12.1 Å². The van der Waals surface area contributed by atoms with Crippen LogP contribution in [-0.4, -0.2) is 6.61 Å². The fourth-order valence-corrected chi connectivity index (χ4v) is 2.13. The van der Waals surface area contributed by atoms with Gasteiger partial charge < -0.3 is 9.15 Å². The Labute approximate surface area is 116 Å². The van der Waals surface area contributed by atoms with Gasteiger partial charge in [-0.25, -0.2) is 0 Å². The molecule has 0 amide bonds. The molecule has 0 atom stereocenters. The molecule has 0 aliphatic carbocycles. The van der Waals surface area contributed by atoms with Crippen molar-refractivity contribution < 1.29 is 9.15 Å². The minimum atomic E-state index is -0.0317. The van der Waals surface area contributed by atoms with E-state index in [9.17, 15) is 4.79 Å². The van der Waals surface area contributed by atoms with Crippen LogP contribution in [0.1, 0.15) is 6.92 Å². The molecule has 100 valence electrons. The highest BCUT2D eigenvalue weighted by Crippen LogP contribution is 2.24. The minimum absolute atomic E-state index is 0.0317. The van der Waals surface area contributed by atoms with Gasteiger partial charge in [0.05, 0.1) is 12.0 Å². The van der Waals surface area contributed by atoms with Gasteiger partial charge in [0.25, 0.3) is 0 Å². The first-order valence-corrected chi connectivity index (χ1v) is 6.54. The molecule has 3 nitrogen and oxygen atoms in total. The van der Waals surface area contributed by atoms with Gasteiger partial charge in [0, 0.05) is 11.6 Å². The summed E-state index contributed by atoms with van der Waals surface area (Å²) >= 11 is 0. The normalized spacial score (nSPS) is 10.7. The maximum Gasteiger partial charge on any atom is 0.193 e. The zero-order valence-corrected chi connectivity index (χ0v) is 11.1. The van der Waals surface area contributed by atoms with Crippen molar-refractivity contribution in [3.8, 4) is 17.1 Å². The van der Waals surface area contributed by atoms with Gasteiger partial charge in [-0.05, 0) is 43.3 Å². The molecule has 0 saturated heterocycles. The van der Waals surface area contributed by atoms with Crippen molar-refractivity contribution in [3.05, 3.63) is 64.8 Å². The third-order valence-corrected chi connectivity index (χ3v) is 3.08. The van der Waals surface area contributed by atoms with E-state index in [-0.39, 0.29) is 5.43 Å². The second-order valence-electron chi connectivity index (χ2n) is 4.43. The number of para-hydroxylation sites is 1. The number of rotatable bonds is 3. The molecule has 3 aromatic rings. The lowest BCUT2D eigenvalue weighted by Gasteiger charge is -2.05. The molecule has 0 radical (unpaired) electrons. The summed E-state index contributed by atoms with van der Waals surface area (Å²) in [6, 6.07) is 16.3. The smallest absolute Gasteiger partial charge is 0.193 e. The van der Waals surface area contributed by atoms with Crippen LogP contribution >= 0.6 is 0 Å². The molecule has 0 saturated carbocycles. The van der Waals surface area contributed by atoms with Crippen LogP contribution in [0.25, 0.3) is 22.3 Å². The zero-order chi connectivity index (χ0) is 13.9. The van der Waals surface area contributed by atoms with Crippen LogP contribution in [0.4, 0.5) is 0 Å². The lowest BCUT2D eigenvalue weighted by atomic mass is 10.1. The first-order chi connectivity index (χ1) is 9.78. The average molecular weight is 266 g/mol. The molecule has 0 N–H and O–H groups in total. The summed E-state index contributed by atoms with van der Waals surface area (Å²) in [6.45, 7) is 2.57. The van der Waals surface area contributed by atoms with Crippen molar-refractivity contribution in [3.63, 3.8) is 0 Å². The first kappa shape index (κ1) is 12.5. The second-order valence-corrected chi connectivity index (χ2v) is 4.43. The Balaban J connectivity index is 2.07. The number of hydrogen-bond donors (Lipinski definition) is 0. The molecule has 0 bridgehead atoms. The number of ether oxygens (including phenoxy) is 1. The molecular weight excluding hydrogens is 252 g/mol. The lowest BCUT2D eigenvalue weighted by molar-refractivity contribution is 0.340. The minimum Gasteiger partial charge on any atom is -0.494 e. The predicted molar refractivity (Wildman–Crippen MR) is 79.1 cm³/mol. The molecule has 1 aromatic heterocycles. The third-order valence-electron chi connectivity index (χ3n) is 3.08. The first-order valence-electron chi connectivity index (χ1n) is 6.54. The van der Waals surface area contributed by atoms with Crippen molar-refractivity contribution in [2.45, 2.75) is 6.92 Å². The highest BCUT2D eigenvalue weighted by Gasteiger charge is 2.06. The quantitative estimate of drug-likeness (QED) is 0.722. The molecule has 0 unspecified atom stereocenters. The van der Waals surface area contributed by atoms with Crippen LogP contribution in [0.15, 0.2) is 63.8 Å². The van der Waals surface area contributed by atoms with E-state index < -0.39 is 0 Å². The Bertz CT molecular complexity index is 785. The molecule has 2 aromatic carbocycles. The molecule has 20 heavy (non-hydrogen) atoms. The van der Waals surface area contributed by atoms with Gasteiger partial charge in [0.15, 0.2) is 5.43 Å². The predicted octanol–water partition coefficient (Wildman–Crippen LogP) is 3.86. The molecule has 3 rings (SSSR count). The average Bonchev–Trinajstić information content (AvgIpc) is 2.48. The van der Waals surface area contributed by atoms with Crippen molar-refractivity contribution in [2.24, 2.45) is 0 Å². The second kappa shape index (κ2) is 5.21. The maximum atomic E-state index is 12.1. The summed E-state index contributed by atoms with van der Waals surface area (Å²) in [7, 11) is 0. The highest BCUT2D eigenvalue weighted by molar-refractivity contribution is 5.78. The van der Waals surface area contributed by atoms with E-state index in [1.807, 2.05) is 43.3 Å². The number of benzene rings is 2. The van der Waals surface area contributed by atoms with Crippen LogP contribution < -0.4 is 10.2 Å². The van der Waals surface area contributed by atoms with Gasteiger partial charge in [-0.15, -0.1) is 0 Å². The van der Waals surface area contributed by atoms with Gasteiger partial charge in [0.1, 0.15) is 17.1 Å². The summed E-state index contributed by atoms with van der Waals surface area (Å²) in [5.41, 5.74) is 1.43. The van der Waals surface area contributed by atoms with Gasteiger partial charge >= 0.3 is 0 Å². The van der Waals surface area contributed by atoms with Crippen molar-refractivity contribution in [2.75, 3.05) is 6.61 Å². The largest absolute Gasteiger partial charge is 0.494 e. The molecular formula is C17H14O3. The summed E-state index contributed by atoms with van der Waals surface area (Å²) in [5, 5.41) is 0.599. The topological polar surface area (TPSA) is 39.4 Å². The van der Waals surface area contributed by atoms with Crippen molar-refractivity contribution >= 4 is 11.0 Å². The van der Waals surface area contributed by atoms with E-state index in [1.54, 1.807) is 12.1 Å². The van der Waals surface area contributed by atoms with Gasteiger partial charge in [-0.3, -0.25) is 4.79 Å². The zero-order valence-electron chi connectivity index (χ0n) is 11.1. The molecule has 3 heteroatoms. The molecule has 0 fully saturated rings. The molecule has 0 aliphatic heterocycles. The van der Waals surface area contributed by atoms with E-state index in [2.05, 4.69) is 0 Å². The number of hydrogen-bond acceptors (Lipinski definition) is 3. The van der Waals surface area contributed by atoms with Crippen LogP contribution in [0, 0.1) is 0 Å². The standard InChI is InChI=1S/C17H14O3/c1-2-19-13-9-7-12(8-10-13)17-11-15(18)14-5-3-4-6-16(14)20-17/h3-11H,2H2,1H3. The number of fused-ring (bicyclic) bond motifs is 1. The van der Waals surface area contributed by atoms with E-state index in [0.717, 1.165) is 11.3 Å². The van der Waals surface area contributed by atoms with E-state index in [1.165, 1.54) is 6.07 Å². The maximum absolute atomic E-state index is 12.1. The van der Waals surface area contributed by atoms with Crippen LogP contribution in [-0.2, 0) is 0 Å². The summed E-state index contributed by atoms with van der Waals surface area (Å²) in [4.78, 5) is 12.1. The van der Waals surface area contributed by atoms with E-state index >= 15 is 0 Å². The van der Waals surface area contributed by atoms with Crippen LogP contribution in [0.5, 0.6) is 5.75 Å². The fourth-order valence-electron chi connectivity index (χ4n) is 2.13. The Morgan fingerprint density at radius 2 is 1.80 bits per heavy atom.